The first kappa shape index (κ1) is 26.6. The number of aliphatic carboxylic acids is 1. The van der Waals surface area contributed by atoms with Crippen LogP contribution in [-0.2, 0) is 14.3 Å². The third-order valence-corrected chi connectivity index (χ3v) is 6.94. The number of amides is 2. The maximum Gasteiger partial charge on any atom is 0.407 e. The number of carbonyl (C=O) groups is 3. The number of fused-ring (bicyclic) bond motifs is 3. The molecule has 9 heteroatoms. The van der Waals surface area contributed by atoms with Crippen LogP contribution in [0.25, 0.3) is 11.1 Å². The van der Waals surface area contributed by atoms with Gasteiger partial charge in [0.25, 0.3) is 5.70 Å². The molecule has 0 spiro atoms. The standard InChI is InChI=1S/C31H28N4O5/c36-29(28-18-35(20-33-28)21-10-2-1-3-11-21)32-17-9-8-16-27(30(37)38)34-31(39)40-19-26-24-14-6-4-12-22(24)23-13-5-7-15-25(23)26/h1-7,10-15,18,26-27H,8-9,16-17,19H2,(H2-,32,34,36,37,38,39)/p+1/t27-/m0/s1. The number of rotatable bonds is 11. The Morgan fingerprint density at radius 2 is 1.57 bits per heavy atom. The highest BCUT2D eigenvalue weighted by molar-refractivity contribution is 5.94. The van der Waals surface area contributed by atoms with Crippen molar-refractivity contribution in [3.05, 3.63) is 102 Å². The second-order valence-corrected chi connectivity index (χ2v) is 9.54. The van der Waals surface area contributed by atoms with E-state index >= 15 is 0 Å². The fourth-order valence-electron chi connectivity index (χ4n) is 4.92. The van der Waals surface area contributed by atoms with Crippen LogP contribution in [0, 0.1) is 0 Å². The van der Waals surface area contributed by atoms with Crippen LogP contribution >= 0.6 is 0 Å². The molecule has 0 saturated carbocycles. The van der Waals surface area contributed by atoms with Crippen LogP contribution in [0.4, 0.5) is 10.5 Å². The largest absolute Gasteiger partial charge is 0.480 e. The molecule has 1 atom stereocenters. The fourth-order valence-corrected chi connectivity index (χ4v) is 4.92. The Hall–Kier alpha value is -5.01. The first-order chi connectivity index (χ1) is 19.5. The summed E-state index contributed by atoms with van der Waals surface area (Å²) in [6.45, 7) is 0.448. The molecular weight excluding hydrogens is 508 g/mol. The summed E-state index contributed by atoms with van der Waals surface area (Å²) >= 11 is 0. The van der Waals surface area contributed by atoms with Crippen molar-refractivity contribution in [2.75, 3.05) is 13.2 Å². The normalized spacial score (nSPS) is 14.0. The Balaban J connectivity index is 1.05. The van der Waals surface area contributed by atoms with Gasteiger partial charge in [-0.25, -0.2) is 9.59 Å². The monoisotopic (exact) mass is 537 g/mol. The van der Waals surface area contributed by atoms with Crippen LogP contribution in [0.2, 0.25) is 0 Å². The van der Waals surface area contributed by atoms with E-state index in [-0.39, 0.29) is 30.5 Å². The predicted molar refractivity (Wildman–Crippen MR) is 148 cm³/mol. The topological polar surface area (TPSA) is 120 Å². The van der Waals surface area contributed by atoms with Crippen molar-refractivity contribution in [3.63, 3.8) is 0 Å². The first-order valence-corrected chi connectivity index (χ1v) is 13.2. The second-order valence-electron chi connectivity index (χ2n) is 9.54. The van der Waals surface area contributed by atoms with Gasteiger partial charge >= 0.3 is 24.0 Å². The lowest BCUT2D eigenvalue weighted by Gasteiger charge is -2.17. The van der Waals surface area contributed by atoms with Gasteiger partial charge in [0, 0.05) is 17.5 Å². The first-order valence-electron chi connectivity index (χ1n) is 13.2. The molecule has 3 N–H and O–H groups in total. The lowest BCUT2D eigenvalue weighted by Crippen LogP contribution is -2.41. The zero-order chi connectivity index (χ0) is 27.9. The average Bonchev–Trinajstić information content (AvgIpc) is 3.59. The smallest absolute Gasteiger partial charge is 0.407 e. The Morgan fingerprint density at radius 1 is 0.925 bits per heavy atom. The summed E-state index contributed by atoms with van der Waals surface area (Å²) in [5.41, 5.74) is 5.48. The van der Waals surface area contributed by atoms with Crippen molar-refractivity contribution in [2.45, 2.75) is 31.2 Å². The van der Waals surface area contributed by atoms with E-state index in [0.29, 0.717) is 19.4 Å². The molecule has 0 fully saturated rings. The molecule has 5 rings (SSSR count). The number of para-hydroxylation sites is 1. The third-order valence-electron chi connectivity index (χ3n) is 6.94. The van der Waals surface area contributed by atoms with Crippen molar-refractivity contribution in [3.8, 4) is 11.1 Å². The van der Waals surface area contributed by atoms with Crippen LogP contribution in [0.5, 0.6) is 0 Å². The number of ether oxygens (including phenoxy) is 1. The van der Waals surface area contributed by atoms with E-state index in [9.17, 15) is 19.5 Å². The molecular formula is C31H29N4O5+. The lowest BCUT2D eigenvalue weighted by atomic mass is 9.98. The number of nitrogens with zero attached hydrogens (tertiary/aromatic N) is 2. The Morgan fingerprint density at radius 3 is 2.25 bits per heavy atom. The van der Waals surface area contributed by atoms with Crippen LogP contribution in [0.15, 0.2) is 95.8 Å². The van der Waals surface area contributed by atoms with Gasteiger partial charge in [-0.1, -0.05) is 66.7 Å². The fraction of sp³-hybridized carbons (Fsp3) is 0.226. The number of unbranched alkanes of at least 4 members (excludes halogenated alkanes) is 1. The number of benzene rings is 3. The van der Waals surface area contributed by atoms with E-state index < -0.39 is 18.1 Å². The van der Waals surface area contributed by atoms with Crippen molar-refractivity contribution in [1.82, 2.24) is 10.6 Å². The zero-order valence-electron chi connectivity index (χ0n) is 21.7. The maximum absolute atomic E-state index is 12.5. The van der Waals surface area contributed by atoms with Crippen molar-refractivity contribution < 1.29 is 28.8 Å². The predicted octanol–water partition coefficient (Wildman–Crippen LogP) is 4.64. The third kappa shape index (κ3) is 6.00. The molecule has 1 aliphatic heterocycles. The second kappa shape index (κ2) is 12.2. The molecule has 202 valence electrons. The molecule has 0 aromatic heterocycles. The van der Waals surface area contributed by atoms with Crippen molar-refractivity contribution in [2.24, 2.45) is 4.99 Å². The highest BCUT2D eigenvalue weighted by Crippen LogP contribution is 2.44. The molecule has 2 aliphatic rings. The minimum Gasteiger partial charge on any atom is -0.480 e. The number of carboxylic acid groups (broad SMARTS) is 1. The molecule has 3 aromatic rings. The molecule has 1 aliphatic carbocycles. The summed E-state index contributed by atoms with van der Waals surface area (Å²) in [5, 5.41) is 14.8. The van der Waals surface area contributed by atoms with E-state index in [1.165, 1.54) is 0 Å². The summed E-state index contributed by atoms with van der Waals surface area (Å²) in [5.74, 6) is -1.58. The van der Waals surface area contributed by atoms with Gasteiger partial charge in [0.2, 0.25) is 0 Å². The van der Waals surface area contributed by atoms with Gasteiger partial charge in [0.1, 0.15) is 18.3 Å². The Kier molecular flexibility index (Phi) is 8.13. The number of nitrogens with one attached hydrogen (secondary N) is 2. The number of carboxylic acids is 1. The van der Waals surface area contributed by atoms with Gasteiger partial charge in [-0.15, -0.1) is 0 Å². The maximum atomic E-state index is 12.5. The van der Waals surface area contributed by atoms with Crippen LogP contribution in [-0.4, -0.2) is 52.9 Å². The SMILES string of the molecule is O=C(N[C@@H](CCCCNC(=O)C1=C[N+](c2ccccc2)=C=N1)C(=O)O)OCC1c2ccccc2-c2ccccc21. The van der Waals surface area contributed by atoms with Crippen LogP contribution in [0.3, 0.4) is 0 Å². The highest BCUT2D eigenvalue weighted by Gasteiger charge is 2.30. The number of hydrogen-bond donors (Lipinski definition) is 3. The van der Waals surface area contributed by atoms with Gasteiger partial charge in [-0.3, -0.25) is 4.79 Å². The molecule has 9 nitrogen and oxygen atoms in total. The molecule has 0 unspecified atom stereocenters. The Labute approximate surface area is 231 Å². The van der Waals surface area contributed by atoms with Gasteiger partial charge in [0.15, 0.2) is 6.20 Å². The molecule has 40 heavy (non-hydrogen) atoms. The number of alkyl carbamates (subject to hydrolysis) is 1. The van der Waals surface area contributed by atoms with Crippen LogP contribution in [0.1, 0.15) is 36.3 Å². The number of hydrogen-bond acceptors (Lipinski definition) is 5. The highest BCUT2D eigenvalue weighted by atomic mass is 16.5. The van der Waals surface area contributed by atoms with E-state index in [1.54, 1.807) is 10.8 Å². The summed E-state index contributed by atoms with van der Waals surface area (Å²) in [6, 6.07) is 27.1. The molecule has 1 heterocycles. The van der Waals surface area contributed by atoms with Crippen molar-refractivity contribution >= 4 is 29.7 Å². The van der Waals surface area contributed by atoms with Gasteiger partial charge in [-0.2, -0.15) is 4.58 Å². The summed E-state index contributed by atoms with van der Waals surface area (Å²) in [6.07, 6.45) is 2.04. The van der Waals surface area contributed by atoms with E-state index in [4.69, 9.17) is 4.74 Å². The van der Waals surface area contributed by atoms with E-state index in [2.05, 4.69) is 21.6 Å². The minimum absolute atomic E-state index is 0.107. The summed E-state index contributed by atoms with van der Waals surface area (Å²) in [7, 11) is 0. The molecule has 3 aromatic carbocycles. The van der Waals surface area contributed by atoms with Gasteiger partial charge < -0.3 is 20.5 Å². The van der Waals surface area contributed by atoms with E-state index in [0.717, 1.165) is 27.9 Å². The Bertz CT molecular complexity index is 1480. The minimum atomic E-state index is -1.14. The van der Waals surface area contributed by atoms with Crippen molar-refractivity contribution in [1.29, 1.82) is 0 Å². The van der Waals surface area contributed by atoms with Crippen LogP contribution < -0.4 is 10.6 Å². The van der Waals surface area contributed by atoms with Gasteiger partial charge in [-0.05, 0) is 53.6 Å². The quantitative estimate of drug-likeness (QED) is 0.243. The molecule has 0 radical (unpaired) electrons. The summed E-state index contributed by atoms with van der Waals surface area (Å²) < 4.78 is 7.12. The summed E-state index contributed by atoms with van der Waals surface area (Å²) in [4.78, 5) is 40.7. The average molecular weight is 538 g/mol. The molecule has 2 amide bonds. The molecule has 0 saturated heterocycles. The lowest BCUT2D eigenvalue weighted by molar-refractivity contribution is -0.350. The van der Waals surface area contributed by atoms with E-state index in [1.807, 2.05) is 78.9 Å². The number of carbonyl (C=O) groups excluding carboxylic acids is 2. The molecule has 0 bridgehead atoms. The van der Waals surface area contributed by atoms with Gasteiger partial charge in [0.05, 0.1) is 0 Å². The number of aliphatic imine (C=N–C) groups is 1. The zero-order valence-corrected chi connectivity index (χ0v) is 21.7.